The molecule has 2 aliphatic rings. The van der Waals surface area contributed by atoms with Gasteiger partial charge in [0.25, 0.3) is 0 Å². The monoisotopic (exact) mass is 407 g/mol. The van der Waals surface area contributed by atoms with Crippen molar-refractivity contribution in [1.29, 1.82) is 0 Å². The molecule has 2 aromatic carbocycles. The largest absolute Gasteiger partial charge is 0.508 e. The number of ether oxygens (including phenoxy) is 1. The summed E-state index contributed by atoms with van der Waals surface area (Å²) in [7, 11) is 0. The Morgan fingerprint density at radius 1 is 1.07 bits per heavy atom. The Labute approximate surface area is 177 Å². The van der Waals surface area contributed by atoms with E-state index in [2.05, 4.69) is 17.0 Å². The number of benzene rings is 2. The van der Waals surface area contributed by atoms with E-state index in [4.69, 9.17) is 4.74 Å². The van der Waals surface area contributed by atoms with E-state index < -0.39 is 0 Å². The van der Waals surface area contributed by atoms with Crippen molar-refractivity contribution < 1.29 is 19.4 Å². The lowest BCUT2D eigenvalue weighted by Crippen LogP contribution is -2.36. The van der Waals surface area contributed by atoms with E-state index in [-0.39, 0.29) is 5.75 Å². The van der Waals surface area contributed by atoms with Crippen molar-refractivity contribution in [3.8, 4) is 11.5 Å². The zero-order chi connectivity index (χ0) is 20.9. The van der Waals surface area contributed by atoms with Gasteiger partial charge in [-0.1, -0.05) is 12.1 Å². The van der Waals surface area contributed by atoms with E-state index in [1.165, 1.54) is 18.4 Å². The van der Waals surface area contributed by atoms with Crippen LogP contribution in [0.25, 0.3) is 0 Å². The fourth-order valence-electron chi connectivity index (χ4n) is 4.50. The van der Waals surface area contributed by atoms with Crippen molar-refractivity contribution in [2.45, 2.75) is 38.0 Å². The molecule has 5 heteroatoms. The lowest BCUT2D eigenvalue weighted by atomic mass is 9.91. The van der Waals surface area contributed by atoms with Crippen LogP contribution in [0.2, 0.25) is 0 Å². The molecule has 0 bridgehead atoms. The van der Waals surface area contributed by atoms with Crippen molar-refractivity contribution in [3.05, 3.63) is 53.6 Å². The van der Waals surface area contributed by atoms with Gasteiger partial charge in [0.1, 0.15) is 17.8 Å². The van der Waals surface area contributed by atoms with Crippen LogP contribution in [0.1, 0.15) is 53.9 Å². The van der Waals surface area contributed by atoms with Crippen molar-refractivity contribution in [3.63, 3.8) is 0 Å². The molecule has 1 heterocycles. The maximum Gasteiger partial charge on any atom is 0.152 e. The highest BCUT2D eigenvalue weighted by atomic mass is 16.5. The van der Waals surface area contributed by atoms with E-state index in [1.807, 2.05) is 12.1 Å². The number of phenolic OH excluding ortho intramolecular Hbond substituents is 1. The molecule has 2 fully saturated rings. The molecular weight excluding hydrogens is 378 g/mol. The highest BCUT2D eigenvalue weighted by Crippen LogP contribution is 2.44. The quantitative estimate of drug-likeness (QED) is 0.616. The number of aromatic hydroxyl groups is 1. The predicted octanol–water partition coefficient (Wildman–Crippen LogP) is 4.58. The summed E-state index contributed by atoms with van der Waals surface area (Å²) in [6.45, 7) is 2.34. The number of carbonyl (C=O) groups is 2. The molecule has 1 aliphatic heterocycles. The summed E-state index contributed by atoms with van der Waals surface area (Å²) in [5, 5.41) is 9.78. The molecule has 30 heavy (non-hydrogen) atoms. The average molecular weight is 408 g/mol. The third-order valence-corrected chi connectivity index (χ3v) is 6.41. The minimum Gasteiger partial charge on any atom is -0.508 e. The maximum absolute atomic E-state index is 11.3. The zero-order valence-electron chi connectivity index (χ0n) is 17.2. The first kappa shape index (κ1) is 20.5. The molecule has 158 valence electrons. The van der Waals surface area contributed by atoms with Gasteiger partial charge >= 0.3 is 0 Å². The molecule has 2 aromatic rings. The highest BCUT2D eigenvalue weighted by Gasteiger charge is 2.32. The smallest absolute Gasteiger partial charge is 0.152 e. The van der Waals surface area contributed by atoms with Crippen LogP contribution < -0.4 is 9.64 Å². The van der Waals surface area contributed by atoms with Gasteiger partial charge in [0.15, 0.2) is 6.29 Å². The van der Waals surface area contributed by atoms with Gasteiger partial charge in [0, 0.05) is 31.1 Å². The number of piperidine rings is 1. The minimum absolute atomic E-state index is 0.181. The van der Waals surface area contributed by atoms with Crippen molar-refractivity contribution in [2.24, 2.45) is 11.8 Å². The third kappa shape index (κ3) is 4.84. The van der Waals surface area contributed by atoms with E-state index >= 15 is 0 Å². The summed E-state index contributed by atoms with van der Waals surface area (Å²) in [5.41, 5.74) is 2.63. The van der Waals surface area contributed by atoms with E-state index in [0.717, 1.165) is 49.9 Å². The van der Waals surface area contributed by atoms with E-state index in [0.29, 0.717) is 36.3 Å². The molecule has 5 nitrogen and oxygen atoms in total. The summed E-state index contributed by atoms with van der Waals surface area (Å²) >= 11 is 0. The molecule has 1 saturated carbocycles. The number of nitrogens with zero attached hydrogens (tertiary/aromatic N) is 1. The van der Waals surface area contributed by atoms with Crippen LogP contribution in [0.5, 0.6) is 11.5 Å². The summed E-state index contributed by atoms with van der Waals surface area (Å²) in [5.74, 6) is 2.48. The second kappa shape index (κ2) is 9.33. The average Bonchev–Trinajstić information content (AvgIpc) is 3.62. The number of hydrogen-bond acceptors (Lipinski definition) is 5. The van der Waals surface area contributed by atoms with Crippen LogP contribution in [0.15, 0.2) is 42.5 Å². The zero-order valence-corrected chi connectivity index (χ0v) is 17.2. The normalized spacial score (nSPS) is 18.1. The first-order valence-corrected chi connectivity index (χ1v) is 10.9. The topological polar surface area (TPSA) is 66.8 Å². The van der Waals surface area contributed by atoms with Gasteiger partial charge in [0.2, 0.25) is 0 Å². The van der Waals surface area contributed by atoms with E-state index in [1.54, 1.807) is 18.2 Å². The van der Waals surface area contributed by atoms with Gasteiger partial charge in [-0.3, -0.25) is 4.79 Å². The van der Waals surface area contributed by atoms with Crippen LogP contribution in [0.4, 0.5) is 5.69 Å². The van der Waals surface area contributed by atoms with Crippen LogP contribution >= 0.6 is 0 Å². The molecule has 1 N–H and O–H groups in total. The van der Waals surface area contributed by atoms with Crippen LogP contribution in [0, 0.1) is 11.8 Å². The summed E-state index contributed by atoms with van der Waals surface area (Å²) in [6.07, 6.45) is 6.85. The van der Waals surface area contributed by atoms with E-state index in [9.17, 15) is 14.7 Å². The van der Waals surface area contributed by atoms with Crippen molar-refractivity contribution in [2.75, 3.05) is 24.6 Å². The number of aldehydes is 2. The summed E-state index contributed by atoms with van der Waals surface area (Å²) < 4.78 is 6.12. The van der Waals surface area contributed by atoms with Crippen LogP contribution in [-0.2, 0) is 4.79 Å². The minimum atomic E-state index is 0.181. The van der Waals surface area contributed by atoms with Gasteiger partial charge in [-0.05, 0) is 73.3 Å². The standard InChI is InChI=1S/C25H29NO4/c27-13-10-24(19-4-5-19)20-2-1-3-23(14-20)30-17-18-8-11-26(12-9-18)25-15-22(29)7-6-21(25)16-28/h1-3,6-7,13-16,18-19,24,29H,4-5,8-12,17H2. The Hall–Kier alpha value is -2.82. The Morgan fingerprint density at radius 2 is 1.87 bits per heavy atom. The molecule has 0 amide bonds. The number of phenols is 1. The number of anilines is 1. The van der Waals surface area contributed by atoms with Gasteiger partial charge in [0.05, 0.1) is 12.3 Å². The third-order valence-electron chi connectivity index (χ3n) is 6.41. The van der Waals surface area contributed by atoms with Gasteiger partial charge in [-0.2, -0.15) is 0 Å². The Kier molecular flexibility index (Phi) is 6.36. The van der Waals surface area contributed by atoms with Crippen LogP contribution in [-0.4, -0.2) is 37.4 Å². The SMILES string of the molecule is O=CCC(c1cccc(OCC2CCN(c3cc(O)ccc3C=O)CC2)c1)C1CC1. The number of hydrogen-bond donors (Lipinski definition) is 1. The number of carbonyl (C=O) groups excluding carboxylic acids is 2. The van der Waals surface area contributed by atoms with Crippen molar-refractivity contribution >= 4 is 18.3 Å². The lowest BCUT2D eigenvalue weighted by molar-refractivity contribution is -0.108. The molecule has 1 aliphatic carbocycles. The fraction of sp³-hybridized carbons (Fsp3) is 0.440. The van der Waals surface area contributed by atoms with Gasteiger partial charge in [-0.15, -0.1) is 0 Å². The molecule has 1 unspecified atom stereocenters. The number of rotatable bonds is 9. The van der Waals surface area contributed by atoms with Gasteiger partial charge < -0.3 is 19.5 Å². The second-order valence-electron chi connectivity index (χ2n) is 8.52. The first-order chi connectivity index (χ1) is 14.7. The molecule has 0 spiro atoms. The lowest BCUT2D eigenvalue weighted by Gasteiger charge is -2.34. The molecule has 1 atom stereocenters. The molecule has 0 radical (unpaired) electrons. The summed E-state index contributed by atoms with van der Waals surface area (Å²) in [4.78, 5) is 24.5. The molecule has 0 aromatic heterocycles. The Morgan fingerprint density at radius 3 is 2.57 bits per heavy atom. The van der Waals surface area contributed by atoms with Gasteiger partial charge in [-0.25, -0.2) is 0 Å². The van der Waals surface area contributed by atoms with Crippen LogP contribution in [0.3, 0.4) is 0 Å². The Bertz CT molecular complexity index is 884. The molecular formula is C25H29NO4. The first-order valence-electron chi connectivity index (χ1n) is 10.9. The Balaban J connectivity index is 1.32. The molecule has 1 saturated heterocycles. The molecule has 4 rings (SSSR count). The predicted molar refractivity (Wildman–Crippen MR) is 117 cm³/mol. The fourth-order valence-corrected chi connectivity index (χ4v) is 4.50. The second-order valence-corrected chi connectivity index (χ2v) is 8.52. The summed E-state index contributed by atoms with van der Waals surface area (Å²) in [6, 6.07) is 13.1. The van der Waals surface area contributed by atoms with Crippen molar-refractivity contribution in [1.82, 2.24) is 0 Å². The highest BCUT2D eigenvalue weighted by molar-refractivity contribution is 5.85. The maximum atomic E-state index is 11.3.